The van der Waals surface area contributed by atoms with Gasteiger partial charge in [0.2, 0.25) is 17.7 Å². The van der Waals surface area contributed by atoms with Gasteiger partial charge in [-0.05, 0) is 70.4 Å². The molecule has 15 nitrogen and oxygen atoms in total. The number of nitrogens with one attached hydrogen (secondary N) is 2. The minimum absolute atomic E-state index is 0.0148. The number of para-hydroxylation sites is 1. The highest BCUT2D eigenvalue weighted by Gasteiger charge is 2.35. The SMILES string of the molecule is CCCCCCCCCCCC(OC(=O)C(CCCCN(O)C(C)=O)NC(=O)c1nc(-c2ccccc2O)oc1C)C(C)C(=O)NC1CCCCN(O)C1=O. The van der Waals surface area contributed by atoms with Gasteiger partial charge in [0.25, 0.3) is 11.8 Å². The molecule has 3 rings (SSSR count). The third-order valence-electron chi connectivity index (χ3n) is 10.0. The Morgan fingerprint density at radius 3 is 2.33 bits per heavy atom. The maximum absolute atomic E-state index is 14.0. The molecule has 15 heteroatoms. The summed E-state index contributed by atoms with van der Waals surface area (Å²) in [5.74, 6) is -3.90. The van der Waals surface area contributed by atoms with E-state index in [1.807, 2.05) is 0 Å². The van der Waals surface area contributed by atoms with Gasteiger partial charge in [0.05, 0.1) is 11.5 Å². The van der Waals surface area contributed by atoms with Crippen molar-refractivity contribution in [3.63, 3.8) is 0 Å². The average Bonchev–Trinajstić information content (AvgIpc) is 3.48. The van der Waals surface area contributed by atoms with Crippen molar-refractivity contribution < 1.29 is 48.6 Å². The minimum Gasteiger partial charge on any atom is -0.507 e. The summed E-state index contributed by atoms with van der Waals surface area (Å²) in [6.45, 7) is 6.77. The summed E-state index contributed by atoms with van der Waals surface area (Å²) >= 11 is 0. The summed E-state index contributed by atoms with van der Waals surface area (Å²) in [6, 6.07) is 4.26. The molecule has 0 aliphatic carbocycles. The van der Waals surface area contributed by atoms with E-state index < -0.39 is 53.7 Å². The van der Waals surface area contributed by atoms with Crippen LogP contribution < -0.4 is 10.6 Å². The van der Waals surface area contributed by atoms with Crippen LogP contribution in [0.15, 0.2) is 28.7 Å². The van der Waals surface area contributed by atoms with Gasteiger partial charge < -0.3 is 24.9 Å². The lowest BCUT2D eigenvalue weighted by atomic mass is 9.96. The van der Waals surface area contributed by atoms with E-state index in [9.17, 15) is 39.5 Å². The van der Waals surface area contributed by atoms with E-state index in [1.165, 1.54) is 45.6 Å². The van der Waals surface area contributed by atoms with Gasteiger partial charge in [-0.1, -0.05) is 77.3 Å². The number of phenols is 1. The molecule has 0 bridgehead atoms. The number of carbonyl (C=O) groups is 5. The zero-order valence-corrected chi connectivity index (χ0v) is 32.9. The van der Waals surface area contributed by atoms with Crippen LogP contribution in [0.2, 0.25) is 0 Å². The van der Waals surface area contributed by atoms with Gasteiger partial charge in [-0.3, -0.25) is 29.6 Å². The van der Waals surface area contributed by atoms with E-state index in [2.05, 4.69) is 22.5 Å². The first-order valence-electron chi connectivity index (χ1n) is 19.9. The number of ether oxygens (including phenoxy) is 1. The Labute approximate surface area is 324 Å². The molecule has 1 aliphatic heterocycles. The van der Waals surface area contributed by atoms with Crippen molar-refractivity contribution in [2.24, 2.45) is 5.92 Å². The van der Waals surface area contributed by atoms with Crippen LogP contribution in [0.1, 0.15) is 140 Å². The van der Waals surface area contributed by atoms with E-state index in [0.717, 1.165) is 25.7 Å². The van der Waals surface area contributed by atoms with Crippen molar-refractivity contribution in [3.8, 4) is 17.2 Å². The quantitative estimate of drug-likeness (QED) is 0.0371. The predicted octanol–water partition coefficient (Wildman–Crippen LogP) is 6.22. The van der Waals surface area contributed by atoms with Gasteiger partial charge in [0.15, 0.2) is 5.69 Å². The van der Waals surface area contributed by atoms with Gasteiger partial charge >= 0.3 is 5.97 Å². The smallest absolute Gasteiger partial charge is 0.328 e. The van der Waals surface area contributed by atoms with Crippen LogP contribution in [0.4, 0.5) is 0 Å². The minimum atomic E-state index is -1.20. The van der Waals surface area contributed by atoms with E-state index >= 15 is 0 Å². The zero-order chi connectivity index (χ0) is 40.3. The number of phenolic OH excluding ortho intramolecular Hbond substituents is 1. The van der Waals surface area contributed by atoms with Gasteiger partial charge in [-0.2, -0.15) is 0 Å². The van der Waals surface area contributed by atoms with Crippen LogP contribution in [0.25, 0.3) is 11.5 Å². The zero-order valence-electron chi connectivity index (χ0n) is 32.9. The molecule has 55 heavy (non-hydrogen) atoms. The van der Waals surface area contributed by atoms with Crippen LogP contribution in [0, 0.1) is 12.8 Å². The van der Waals surface area contributed by atoms with Crippen molar-refractivity contribution in [3.05, 3.63) is 35.7 Å². The van der Waals surface area contributed by atoms with Gasteiger partial charge in [-0.25, -0.2) is 19.9 Å². The van der Waals surface area contributed by atoms with E-state index in [0.29, 0.717) is 55.1 Å². The molecule has 1 fully saturated rings. The van der Waals surface area contributed by atoms with E-state index in [4.69, 9.17) is 9.15 Å². The molecule has 4 unspecified atom stereocenters. The van der Waals surface area contributed by atoms with Gasteiger partial charge in [0.1, 0.15) is 29.7 Å². The number of amides is 4. The molecule has 306 valence electrons. The molecule has 4 amide bonds. The van der Waals surface area contributed by atoms with E-state index in [1.54, 1.807) is 25.1 Å². The molecule has 1 aliphatic rings. The highest BCUT2D eigenvalue weighted by atomic mass is 16.5. The van der Waals surface area contributed by atoms with Crippen molar-refractivity contribution in [1.82, 2.24) is 25.7 Å². The Hall–Kier alpha value is -4.50. The number of aryl methyl sites for hydroxylation is 1. The molecule has 5 N–H and O–H groups in total. The second-order valence-electron chi connectivity index (χ2n) is 14.5. The van der Waals surface area contributed by atoms with Crippen molar-refractivity contribution in [2.45, 2.75) is 149 Å². The largest absolute Gasteiger partial charge is 0.507 e. The summed E-state index contributed by atoms with van der Waals surface area (Å²) in [4.78, 5) is 69.7. The Bertz CT molecular complexity index is 1550. The first kappa shape index (κ1) is 44.9. The van der Waals surface area contributed by atoms with Crippen molar-refractivity contribution in [1.29, 1.82) is 0 Å². The normalized spacial score (nSPS) is 16.1. The molecule has 4 atom stereocenters. The highest BCUT2D eigenvalue weighted by Crippen LogP contribution is 2.29. The van der Waals surface area contributed by atoms with Crippen LogP contribution in [0.3, 0.4) is 0 Å². The Balaban J connectivity index is 1.78. The molecule has 0 radical (unpaired) electrons. The lowest BCUT2D eigenvalue weighted by Gasteiger charge is -2.28. The molecule has 1 aromatic heterocycles. The first-order chi connectivity index (χ1) is 26.3. The fourth-order valence-corrected chi connectivity index (χ4v) is 6.55. The number of carbonyl (C=O) groups excluding carboxylic acids is 5. The van der Waals surface area contributed by atoms with Crippen LogP contribution >= 0.6 is 0 Å². The Morgan fingerprint density at radius 2 is 1.65 bits per heavy atom. The average molecular weight is 772 g/mol. The lowest BCUT2D eigenvalue weighted by Crippen LogP contribution is -2.50. The number of nitrogens with zero attached hydrogens (tertiary/aromatic N) is 3. The number of benzene rings is 1. The number of hydroxylamine groups is 4. The van der Waals surface area contributed by atoms with Crippen LogP contribution in [0.5, 0.6) is 5.75 Å². The molecule has 0 spiro atoms. The fraction of sp³-hybridized carbons (Fsp3) is 0.650. The van der Waals surface area contributed by atoms with Crippen LogP contribution in [-0.4, -0.2) is 91.5 Å². The molecular formula is C40H61N5O10. The summed E-state index contributed by atoms with van der Waals surface area (Å²) in [7, 11) is 0. The monoisotopic (exact) mass is 771 g/mol. The molecule has 0 saturated carbocycles. The van der Waals surface area contributed by atoms with Gasteiger partial charge in [-0.15, -0.1) is 0 Å². The standard InChI is InChI=1S/C40H61N5O10/c1-5-6-7-8-9-10-11-12-13-24-34(27(2)36(48)41-31-21-16-19-26-45(53)39(31)50)55-40(51)32(22-17-18-25-44(52)29(4)46)42-37(49)35-28(3)54-38(43-35)30-20-14-15-23-33(30)47/h14-15,20,23,27,31-32,34,47,52-53H,5-13,16-19,21-22,24-26H2,1-4H3,(H,41,48)(H,42,49). The molecule has 2 aromatic rings. The molecule has 1 aromatic carbocycles. The molecule has 1 saturated heterocycles. The second-order valence-corrected chi connectivity index (χ2v) is 14.5. The maximum Gasteiger partial charge on any atom is 0.328 e. The molecule has 2 heterocycles. The number of oxazole rings is 1. The first-order valence-corrected chi connectivity index (χ1v) is 19.9. The summed E-state index contributed by atoms with van der Waals surface area (Å²) in [6.07, 6.45) is 11.4. The number of hydrogen-bond donors (Lipinski definition) is 5. The van der Waals surface area contributed by atoms with E-state index in [-0.39, 0.29) is 48.2 Å². The topological polar surface area (TPSA) is 212 Å². The Morgan fingerprint density at radius 1 is 1.00 bits per heavy atom. The summed E-state index contributed by atoms with van der Waals surface area (Å²) in [5.41, 5.74) is 0.183. The number of rotatable bonds is 23. The third-order valence-corrected chi connectivity index (χ3v) is 10.0. The lowest BCUT2D eigenvalue weighted by molar-refractivity contribution is -0.167. The number of unbranched alkanes of at least 4 members (excludes halogenated alkanes) is 9. The number of esters is 1. The molecular weight excluding hydrogens is 710 g/mol. The fourth-order valence-electron chi connectivity index (χ4n) is 6.55. The second kappa shape index (κ2) is 23.4. The number of aromatic nitrogens is 1. The van der Waals surface area contributed by atoms with Crippen molar-refractivity contribution >= 4 is 29.6 Å². The van der Waals surface area contributed by atoms with Crippen molar-refractivity contribution in [2.75, 3.05) is 13.1 Å². The summed E-state index contributed by atoms with van der Waals surface area (Å²) < 4.78 is 11.7. The van der Waals surface area contributed by atoms with Gasteiger partial charge in [0, 0.05) is 20.0 Å². The number of hydrogen-bond acceptors (Lipinski definition) is 11. The Kier molecular flexibility index (Phi) is 19.1. The highest BCUT2D eigenvalue weighted by molar-refractivity contribution is 5.96. The van der Waals surface area contributed by atoms with Crippen LogP contribution in [-0.2, 0) is 23.9 Å². The summed E-state index contributed by atoms with van der Waals surface area (Å²) in [5, 5.41) is 36.9. The third kappa shape index (κ3) is 14.6. The number of aromatic hydroxyl groups is 1. The maximum atomic E-state index is 14.0. The predicted molar refractivity (Wildman–Crippen MR) is 203 cm³/mol.